The Bertz CT molecular complexity index is 606. The lowest BCUT2D eigenvalue weighted by atomic mass is 10.0. The molecule has 2 aliphatic rings. The quantitative estimate of drug-likeness (QED) is 0.865. The number of amides is 1. The van der Waals surface area contributed by atoms with Crippen LogP contribution in [-0.4, -0.2) is 24.9 Å². The average molecular weight is 342 g/mol. The molecule has 3 N–H and O–H groups in total. The Morgan fingerprint density at radius 3 is 2.75 bits per heavy atom. The summed E-state index contributed by atoms with van der Waals surface area (Å²) in [6.45, 7) is 0.543. The predicted molar refractivity (Wildman–Crippen MR) is 82.3 cm³/mol. The number of alkyl halides is 3. The van der Waals surface area contributed by atoms with Gasteiger partial charge in [0.2, 0.25) is 5.91 Å². The van der Waals surface area contributed by atoms with Crippen LogP contribution < -0.4 is 15.8 Å². The summed E-state index contributed by atoms with van der Waals surface area (Å²) in [5.41, 5.74) is 6.16. The van der Waals surface area contributed by atoms with Crippen LogP contribution in [0.5, 0.6) is 5.75 Å². The molecule has 0 spiro atoms. The van der Waals surface area contributed by atoms with Crippen LogP contribution in [0.4, 0.5) is 13.2 Å². The van der Waals surface area contributed by atoms with E-state index in [4.69, 9.17) is 5.73 Å². The molecule has 0 heterocycles. The Kier molecular flexibility index (Phi) is 4.71. The standard InChI is InChI=1S/C17H21F3N2O2/c18-17(19,20)24-15-7-2-1-5-11(15)12-8-13(12)16(23)22-14-6-3-4-10(14)9-21/h1-2,5,7,10,12-14H,3-4,6,8-9,21H2,(H,22,23). The highest BCUT2D eigenvalue weighted by atomic mass is 19.4. The van der Waals surface area contributed by atoms with E-state index < -0.39 is 6.36 Å². The largest absolute Gasteiger partial charge is 0.573 e. The molecular weight excluding hydrogens is 321 g/mol. The van der Waals surface area contributed by atoms with Gasteiger partial charge in [0.1, 0.15) is 5.75 Å². The number of halogens is 3. The van der Waals surface area contributed by atoms with Gasteiger partial charge in [0, 0.05) is 12.0 Å². The first-order valence-corrected chi connectivity index (χ1v) is 8.24. The fourth-order valence-corrected chi connectivity index (χ4v) is 3.63. The fraction of sp³-hybridized carbons (Fsp3) is 0.588. The van der Waals surface area contributed by atoms with E-state index in [1.165, 1.54) is 12.1 Å². The lowest BCUT2D eigenvalue weighted by Gasteiger charge is -2.19. The molecule has 2 fully saturated rings. The molecule has 0 aliphatic heterocycles. The van der Waals surface area contributed by atoms with Crippen LogP contribution in [0, 0.1) is 11.8 Å². The second-order valence-corrected chi connectivity index (χ2v) is 6.58. The summed E-state index contributed by atoms with van der Waals surface area (Å²) >= 11 is 0. The highest BCUT2D eigenvalue weighted by Gasteiger charge is 2.47. The lowest BCUT2D eigenvalue weighted by Crippen LogP contribution is -2.40. The maximum atomic E-state index is 12.5. The molecule has 132 valence electrons. The highest BCUT2D eigenvalue weighted by molar-refractivity contribution is 5.83. The van der Waals surface area contributed by atoms with E-state index in [1.54, 1.807) is 12.1 Å². The van der Waals surface area contributed by atoms with Gasteiger partial charge < -0.3 is 15.8 Å². The summed E-state index contributed by atoms with van der Waals surface area (Å²) < 4.78 is 41.6. The third kappa shape index (κ3) is 3.83. The van der Waals surface area contributed by atoms with E-state index in [9.17, 15) is 18.0 Å². The summed E-state index contributed by atoms with van der Waals surface area (Å²) in [4.78, 5) is 12.4. The number of rotatable bonds is 5. The Labute approximate surface area is 138 Å². The minimum absolute atomic E-state index is 0.0884. The smallest absolute Gasteiger partial charge is 0.405 e. The van der Waals surface area contributed by atoms with E-state index >= 15 is 0 Å². The van der Waals surface area contributed by atoms with E-state index in [1.807, 2.05) is 0 Å². The molecule has 0 aromatic heterocycles. The second-order valence-electron chi connectivity index (χ2n) is 6.58. The number of hydrogen-bond donors (Lipinski definition) is 2. The molecule has 4 nitrogen and oxygen atoms in total. The number of hydrogen-bond acceptors (Lipinski definition) is 3. The van der Waals surface area contributed by atoms with Crippen molar-refractivity contribution in [3.63, 3.8) is 0 Å². The van der Waals surface area contributed by atoms with E-state index in [-0.39, 0.29) is 29.5 Å². The van der Waals surface area contributed by atoms with Crippen molar-refractivity contribution >= 4 is 5.91 Å². The van der Waals surface area contributed by atoms with Crippen molar-refractivity contribution in [3.8, 4) is 5.75 Å². The average Bonchev–Trinajstić information content (AvgIpc) is 3.19. The van der Waals surface area contributed by atoms with Crippen molar-refractivity contribution in [3.05, 3.63) is 29.8 Å². The molecule has 1 aromatic carbocycles. The molecule has 0 radical (unpaired) electrons. The highest BCUT2D eigenvalue weighted by Crippen LogP contribution is 2.51. The summed E-state index contributed by atoms with van der Waals surface area (Å²) in [5.74, 6) is -0.520. The van der Waals surface area contributed by atoms with Crippen LogP contribution >= 0.6 is 0 Å². The molecule has 4 atom stereocenters. The van der Waals surface area contributed by atoms with E-state index in [0.29, 0.717) is 24.4 Å². The third-order valence-corrected chi connectivity index (χ3v) is 4.96. The molecule has 1 amide bonds. The Morgan fingerprint density at radius 1 is 1.29 bits per heavy atom. The number of carbonyl (C=O) groups excluding carboxylic acids is 1. The Hall–Kier alpha value is -1.76. The fourth-order valence-electron chi connectivity index (χ4n) is 3.63. The number of nitrogens with one attached hydrogen (secondary N) is 1. The van der Waals surface area contributed by atoms with Crippen molar-refractivity contribution in [2.75, 3.05) is 6.54 Å². The molecule has 7 heteroatoms. The van der Waals surface area contributed by atoms with Gasteiger partial charge in [-0.15, -0.1) is 13.2 Å². The maximum absolute atomic E-state index is 12.5. The van der Waals surface area contributed by atoms with Gasteiger partial charge in [-0.05, 0) is 49.3 Å². The summed E-state index contributed by atoms with van der Waals surface area (Å²) in [5, 5.41) is 3.03. The number of nitrogens with two attached hydrogens (primary N) is 1. The zero-order valence-corrected chi connectivity index (χ0v) is 13.2. The minimum Gasteiger partial charge on any atom is -0.405 e. The zero-order valence-electron chi connectivity index (χ0n) is 13.2. The van der Waals surface area contributed by atoms with E-state index in [2.05, 4.69) is 10.1 Å². The van der Waals surface area contributed by atoms with Gasteiger partial charge in [-0.3, -0.25) is 4.79 Å². The molecule has 2 aliphatic carbocycles. The van der Waals surface area contributed by atoms with Crippen LogP contribution in [-0.2, 0) is 4.79 Å². The van der Waals surface area contributed by atoms with Crippen molar-refractivity contribution in [2.24, 2.45) is 17.6 Å². The van der Waals surface area contributed by atoms with Gasteiger partial charge in [-0.25, -0.2) is 0 Å². The summed E-state index contributed by atoms with van der Waals surface area (Å²) in [7, 11) is 0. The van der Waals surface area contributed by atoms with Gasteiger partial charge in [0.15, 0.2) is 0 Å². The molecule has 24 heavy (non-hydrogen) atoms. The molecule has 0 saturated heterocycles. The minimum atomic E-state index is -4.74. The topological polar surface area (TPSA) is 64.3 Å². The van der Waals surface area contributed by atoms with Gasteiger partial charge in [0.25, 0.3) is 0 Å². The van der Waals surface area contributed by atoms with Crippen molar-refractivity contribution in [1.82, 2.24) is 5.32 Å². The van der Waals surface area contributed by atoms with Crippen molar-refractivity contribution in [1.29, 1.82) is 0 Å². The summed E-state index contributed by atoms with van der Waals surface area (Å²) in [6.07, 6.45) is -1.22. The first-order chi connectivity index (χ1) is 11.4. The monoisotopic (exact) mass is 342 g/mol. The van der Waals surface area contributed by atoms with Gasteiger partial charge in [0.05, 0.1) is 0 Å². The lowest BCUT2D eigenvalue weighted by molar-refractivity contribution is -0.274. The second kappa shape index (κ2) is 6.63. The Balaban J connectivity index is 1.64. The molecule has 0 bridgehead atoms. The van der Waals surface area contributed by atoms with Crippen LogP contribution in [0.2, 0.25) is 0 Å². The normalized spacial score (nSPS) is 29.3. The van der Waals surface area contributed by atoms with Gasteiger partial charge in [-0.1, -0.05) is 24.6 Å². The molecule has 2 saturated carbocycles. The molecule has 1 aromatic rings. The van der Waals surface area contributed by atoms with Crippen LogP contribution in [0.25, 0.3) is 0 Å². The zero-order chi connectivity index (χ0) is 17.3. The number of ether oxygens (including phenoxy) is 1. The molecular formula is C17H21F3N2O2. The Morgan fingerprint density at radius 2 is 2.04 bits per heavy atom. The number of para-hydroxylation sites is 1. The number of carbonyl (C=O) groups is 1. The van der Waals surface area contributed by atoms with E-state index in [0.717, 1.165) is 19.3 Å². The van der Waals surface area contributed by atoms with Crippen molar-refractivity contribution < 1.29 is 22.7 Å². The summed E-state index contributed by atoms with van der Waals surface area (Å²) in [6, 6.07) is 6.12. The van der Waals surface area contributed by atoms with Crippen molar-refractivity contribution in [2.45, 2.75) is 44.0 Å². The van der Waals surface area contributed by atoms with Gasteiger partial charge >= 0.3 is 6.36 Å². The molecule has 3 rings (SSSR count). The van der Waals surface area contributed by atoms with Crippen LogP contribution in [0.1, 0.15) is 37.2 Å². The van der Waals surface area contributed by atoms with Gasteiger partial charge in [-0.2, -0.15) is 0 Å². The van der Waals surface area contributed by atoms with Crippen LogP contribution in [0.15, 0.2) is 24.3 Å². The number of benzene rings is 1. The SMILES string of the molecule is NCC1CCCC1NC(=O)C1CC1c1ccccc1OC(F)(F)F. The third-order valence-electron chi connectivity index (χ3n) is 4.96. The van der Waals surface area contributed by atoms with Crippen LogP contribution in [0.3, 0.4) is 0 Å². The first kappa shape index (κ1) is 17.1. The molecule has 4 unspecified atom stereocenters. The first-order valence-electron chi connectivity index (χ1n) is 8.24. The maximum Gasteiger partial charge on any atom is 0.573 e. The predicted octanol–water partition coefficient (Wildman–Crippen LogP) is 2.93.